The van der Waals surface area contributed by atoms with Gasteiger partial charge in [-0.2, -0.15) is 0 Å². The van der Waals surface area contributed by atoms with Gasteiger partial charge in [-0.05, 0) is 169 Å². The van der Waals surface area contributed by atoms with Gasteiger partial charge in [0.2, 0.25) is 0 Å². The molecule has 11 rings (SSSR count). The van der Waals surface area contributed by atoms with Crippen molar-refractivity contribution in [2.45, 2.75) is 104 Å². The van der Waals surface area contributed by atoms with Crippen molar-refractivity contribution in [2.75, 3.05) is 6.61 Å². The van der Waals surface area contributed by atoms with E-state index in [9.17, 15) is 4.79 Å². The quantitative estimate of drug-likeness (QED) is 0.0425. The highest BCUT2D eigenvalue weighted by atomic mass is 16.5. The highest BCUT2D eigenvalue weighted by Gasteiger charge is 2.45. The summed E-state index contributed by atoms with van der Waals surface area (Å²) in [7, 11) is 0. The van der Waals surface area contributed by atoms with Gasteiger partial charge in [0.05, 0.1) is 6.61 Å². The van der Waals surface area contributed by atoms with E-state index in [4.69, 9.17) is 11.3 Å². The lowest BCUT2D eigenvalue weighted by Gasteiger charge is -2.35. The first-order valence-corrected chi connectivity index (χ1v) is 24.8. The van der Waals surface area contributed by atoms with Gasteiger partial charge >= 0.3 is 5.97 Å². The Labute approximate surface area is 402 Å². The maximum Gasteiger partial charge on any atom is 0.333 e. The molecule has 0 spiro atoms. The van der Waals surface area contributed by atoms with Crippen molar-refractivity contribution in [3.8, 4) is 33.4 Å². The third-order valence-corrected chi connectivity index (χ3v) is 15.6. The lowest BCUT2D eigenvalue weighted by Crippen LogP contribution is -2.27. The van der Waals surface area contributed by atoms with Crippen LogP contribution >= 0.6 is 0 Å². The zero-order valence-electron chi connectivity index (χ0n) is 41.2. The maximum absolute atomic E-state index is 12.3. The smallest absolute Gasteiger partial charge is 0.333 e. The van der Waals surface area contributed by atoms with Gasteiger partial charge in [0.25, 0.3) is 0 Å². The Morgan fingerprint density at radius 1 is 0.500 bits per heavy atom. The van der Waals surface area contributed by atoms with Gasteiger partial charge in [-0.1, -0.05) is 201 Å². The maximum atomic E-state index is 12.3. The molecule has 0 N–H and O–H groups in total. The molecule has 0 unspecified atom stereocenters. The fourth-order valence-corrected chi connectivity index (χ4v) is 11.8. The Hall–Kier alpha value is -6.77. The topological polar surface area (TPSA) is 26.3 Å². The molecule has 0 fully saturated rings. The van der Waals surface area contributed by atoms with E-state index in [1.165, 1.54) is 126 Å². The number of rotatable bonds is 11. The van der Waals surface area contributed by atoms with Crippen LogP contribution in [0.1, 0.15) is 110 Å². The Kier molecular flexibility index (Phi) is 10.2. The van der Waals surface area contributed by atoms with Crippen molar-refractivity contribution in [1.29, 1.82) is 0 Å². The van der Waals surface area contributed by atoms with Crippen LogP contribution in [-0.4, -0.2) is 12.6 Å². The van der Waals surface area contributed by atoms with Crippen LogP contribution < -0.4 is 0 Å². The largest absolute Gasteiger partial charge is 0.462 e. The molecule has 1 aliphatic carbocycles. The summed E-state index contributed by atoms with van der Waals surface area (Å²) in [5, 5.41) is 15.7. The second kappa shape index (κ2) is 15.9. The number of carbonyl (C=O) groups is 1. The number of esters is 1. The fourth-order valence-electron chi connectivity index (χ4n) is 11.8. The summed E-state index contributed by atoms with van der Waals surface area (Å²) in [5.41, 5.74) is 14.3. The molecular formula is C66H62O2. The second-order valence-electron chi connectivity index (χ2n) is 22.0. The summed E-state index contributed by atoms with van der Waals surface area (Å²) < 4.78 is 5.55. The second-order valence-corrected chi connectivity index (χ2v) is 22.0. The molecule has 1 aliphatic rings. The molecule has 0 saturated heterocycles. The average molecular weight is 887 g/mol. The van der Waals surface area contributed by atoms with Crippen LogP contribution in [0.3, 0.4) is 0 Å². The summed E-state index contributed by atoms with van der Waals surface area (Å²) >= 11 is 0. The Morgan fingerprint density at radius 3 is 1.34 bits per heavy atom. The van der Waals surface area contributed by atoms with E-state index in [0.29, 0.717) is 12.2 Å². The van der Waals surface area contributed by atoms with Gasteiger partial charge in [-0.3, -0.25) is 0 Å². The molecule has 0 heterocycles. The van der Waals surface area contributed by atoms with Gasteiger partial charge in [0.15, 0.2) is 0 Å². The number of hydrogen-bond donors (Lipinski definition) is 0. The predicted octanol–water partition coefficient (Wildman–Crippen LogP) is 18.3. The number of carbonyl (C=O) groups excluding carboxylic acids is 1. The van der Waals surface area contributed by atoms with E-state index in [1.807, 2.05) is 0 Å². The first-order valence-electron chi connectivity index (χ1n) is 24.8. The number of allylic oxidation sites excluding steroid dienone is 1. The van der Waals surface area contributed by atoms with Gasteiger partial charge in [0.1, 0.15) is 0 Å². The summed E-state index contributed by atoms with van der Waals surface area (Å²) in [4.78, 5) is 12.3. The number of hydrogen-bond acceptors (Lipinski definition) is 2. The monoisotopic (exact) mass is 886 g/mol. The zero-order chi connectivity index (χ0) is 47.4. The third kappa shape index (κ3) is 6.85. The van der Waals surface area contributed by atoms with Gasteiger partial charge in [-0.15, -0.1) is 0 Å². The van der Waals surface area contributed by atoms with Crippen molar-refractivity contribution in [2.24, 2.45) is 0 Å². The van der Waals surface area contributed by atoms with E-state index in [1.54, 1.807) is 6.92 Å². The minimum absolute atomic E-state index is 0.0590. The van der Waals surface area contributed by atoms with Gasteiger partial charge in [0, 0.05) is 11.0 Å². The van der Waals surface area contributed by atoms with Crippen molar-refractivity contribution < 1.29 is 9.53 Å². The minimum atomic E-state index is -0.417. The molecule has 2 heteroatoms. The molecule has 0 radical (unpaired) electrons. The Bertz CT molecular complexity index is 3440. The molecule has 10 aromatic carbocycles. The molecule has 338 valence electrons. The summed E-state index contributed by atoms with van der Waals surface area (Å²) in [6, 6.07) is 52.0. The lowest BCUT2D eigenvalue weighted by atomic mass is 9.67. The highest BCUT2D eigenvalue weighted by molar-refractivity contribution is 6.27. The molecule has 0 aliphatic heterocycles. The predicted molar refractivity (Wildman–Crippen MR) is 292 cm³/mol. The van der Waals surface area contributed by atoms with Crippen molar-refractivity contribution in [1.82, 2.24) is 0 Å². The van der Waals surface area contributed by atoms with Crippen LogP contribution in [0.25, 0.3) is 98.0 Å². The normalized spacial score (nSPS) is 13.6. The summed E-state index contributed by atoms with van der Waals surface area (Å²) in [6.07, 6.45) is 4.46. The molecule has 0 amide bonds. The molecule has 0 atom stereocenters. The van der Waals surface area contributed by atoms with E-state index in [-0.39, 0.29) is 16.8 Å². The molecule has 0 aromatic heterocycles. The van der Waals surface area contributed by atoms with Crippen molar-refractivity contribution >= 4 is 70.6 Å². The van der Waals surface area contributed by atoms with Crippen LogP contribution in [0.4, 0.5) is 0 Å². The standard InChI is InChI=1S/C66H62O2/c1-11-40(4)66(31-13-12-14-32-68-63(67)39(2)3)57-37-43(51-25-19-41-15-17-45-33-49(64(5,6)7)35-47-23-29-55(51)61(41)59(45)47)21-27-53(57)54-28-22-44(38-58(54)66)52-26-20-42-16-18-46-34-50(65(8,9)10)36-48-24-30-56(52)62(42)60(46)48/h15-30,33-38H,2,4,11-14,31-32H2,1,3,5-10H3. The lowest BCUT2D eigenvalue weighted by molar-refractivity contribution is -0.139. The number of fused-ring (bicyclic) bond motifs is 3. The van der Waals surface area contributed by atoms with E-state index in [2.05, 4.69) is 189 Å². The van der Waals surface area contributed by atoms with Crippen LogP contribution in [0.5, 0.6) is 0 Å². The zero-order valence-corrected chi connectivity index (χ0v) is 41.2. The van der Waals surface area contributed by atoms with Crippen LogP contribution in [0.2, 0.25) is 0 Å². The summed E-state index contributed by atoms with van der Waals surface area (Å²) in [5.74, 6) is -0.317. The van der Waals surface area contributed by atoms with Crippen molar-refractivity contribution in [3.63, 3.8) is 0 Å². The van der Waals surface area contributed by atoms with Gasteiger partial charge < -0.3 is 4.74 Å². The van der Waals surface area contributed by atoms with Crippen LogP contribution in [0.15, 0.2) is 158 Å². The van der Waals surface area contributed by atoms with Crippen LogP contribution in [-0.2, 0) is 25.8 Å². The first-order chi connectivity index (χ1) is 32.6. The third-order valence-electron chi connectivity index (χ3n) is 15.6. The fraction of sp³-hybridized carbons (Fsp3) is 0.258. The SMILES string of the molecule is C=C(C)C(=O)OCCCCCC1(C(=C)CC)c2cc(-c3ccc4ccc5cc(C(C)(C)C)cc6ccc3c4c56)ccc2-c2ccc(-c3ccc4ccc5cc(C(C)(C)C)cc6ccc3c4c56)cc21. The molecule has 0 bridgehead atoms. The highest BCUT2D eigenvalue weighted by Crippen LogP contribution is 2.58. The number of unbranched alkanes of at least 4 members (excludes halogenated alkanes) is 2. The number of benzene rings is 10. The molecule has 10 aromatic rings. The molecule has 68 heavy (non-hydrogen) atoms. The van der Waals surface area contributed by atoms with E-state index in [0.717, 1.165) is 32.1 Å². The van der Waals surface area contributed by atoms with Crippen LogP contribution in [0, 0.1) is 0 Å². The molecule has 2 nitrogen and oxygen atoms in total. The van der Waals surface area contributed by atoms with E-state index < -0.39 is 5.41 Å². The molecular weight excluding hydrogens is 825 g/mol. The average Bonchev–Trinajstić information content (AvgIpc) is 3.60. The Morgan fingerprint density at radius 2 is 0.912 bits per heavy atom. The molecule has 0 saturated carbocycles. The van der Waals surface area contributed by atoms with Crippen molar-refractivity contribution in [3.05, 3.63) is 180 Å². The van der Waals surface area contributed by atoms with Gasteiger partial charge in [-0.25, -0.2) is 4.79 Å². The first kappa shape index (κ1) is 43.8. The summed E-state index contributed by atoms with van der Waals surface area (Å²) in [6.45, 7) is 26.9. The Balaban J connectivity index is 1.07. The van der Waals surface area contributed by atoms with E-state index >= 15 is 0 Å². The number of ether oxygens (including phenoxy) is 1. The minimum Gasteiger partial charge on any atom is -0.462 e.